The molecule has 1 unspecified atom stereocenters. The molecule has 2 aromatic carbocycles. The number of carbonyl (C=O) groups excluding carboxylic acids is 1. The molecule has 2 rings (SSSR count). The van der Waals surface area contributed by atoms with Gasteiger partial charge in [0.05, 0.1) is 19.1 Å². The first-order valence-corrected chi connectivity index (χ1v) is 11.1. The number of amides is 1. The van der Waals surface area contributed by atoms with Crippen LogP contribution >= 0.6 is 0 Å². The van der Waals surface area contributed by atoms with Gasteiger partial charge in [0.2, 0.25) is 15.9 Å². The van der Waals surface area contributed by atoms with E-state index in [0.29, 0.717) is 18.7 Å². The molecule has 0 saturated heterocycles. The number of sulfonamides is 1. The average molecular weight is 405 g/mol. The molecule has 1 amide bonds. The zero-order valence-corrected chi connectivity index (χ0v) is 17.6. The summed E-state index contributed by atoms with van der Waals surface area (Å²) in [5, 5.41) is 2.83. The van der Waals surface area contributed by atoms with Gasteiger partial charge in [-0.3, -0.25) is 9.10 Å². The Morgan fingerprint density at radius 3 is 2.14 bits per heavy atom. The van der Waals surface area contributed by atoms with Crippen LogP contribution in [0.3, 0.4) is 0 Å². The lowest BCUT2D eigenvalue weighted by Crippen LogP contribution is -2.48. The van der Waals surface area contributed by atoms with Gasteiger partial charge in [0.25, 0.3) is 0 Å². The summed E-state index contributed by atoms with van der Waals surface area (Å²) >= 11 is 0. The number of anilines is 1. The van der Waals surface area contributed by atoms with E-state index in [9.17, 15) is 13.2 Å². The maximum absolute atomic E-state index is 12.6. The molecule has 0 aliphatic heterocycles. The molecular weight excluding hydrogens is 376 g/mol. The molecule has 0 aliphatic carbocycles. The van der Waals surface area contributed by atoms with E-state index in [4.69, 9.17) is 4.74 Å². The number of benzene rings is 2. The Morgan fingerprint density at radius 2 is 1.64 bits per heavy atom. The molecule has 0 fully saturated rings. The van der Waals surface area contributed by atoms with Crippen LogP contribution in [-0.2, 0) is 27.7 Å². The Hall–Kier alpha value is -2.54. The smallest absolute Gasteiger partial charge is 0.243 e. The minimum Gasteiger partial charge on any atom is -0.497 e. The van der Waals surface area contributed by atoms with Crippen molar-refractivity contribution in [3.63, 3.8) is 0 Å². The van der Waals surface area contributed by atoms with Gasteiger partial charge in [-0.2, -0.15) is 0 Å². The van der Waals surface area contributed by atoms with Crippen molar-refractivity contribution in [3.8, 4) is 5.75 Å². The molecule has 1 N–H and O–H groups in total. The summed E-state index contributed by atoms with van der Waals surface area (Å²) in [6.45, 7) is 4.04. The average Bonchev–Trinajstić information content (AvgIpc) is 2.68. The molecule has 7 heteroatoms. The molecule has 28 heavy (non-hydrogen) atoms. The van der Waals surface area contributed by atoms with Crippen molar-refractivity contribution in [2.45, 2.75) is 32.7 Å². The van der Waals surface area contributed by atoms with Crippen molar-refractivity contribution in [1.82, 2.24) is 5.32 Å². The number of hydrogen-bond donors (Lipinski definition) is 1. The minimum atomic E-state index is -3.61. The Kier molecular flexibility index (Phi) is 7.45. The second-order valence-electron chi connectivity index (χ2n) is 6.64. The summed E-state index contributed by atoms with van der Waals surface area (Å²) in [6, 6.07) is 14.0. The molecular formula is C21H28N2O4S. The number of hydrogen-bond acceptors (Lipinski definition) is 4. The summed E-state index contributed by atoms with van der Waals surface area (Å²) in [5.41, 5.74) is 2.65. The number of aryl methyl sites for hydroxylation is 1. The topological polar surface area (TPSA) is 75.7 Å². The third-order valence-corrected chi connectivity index (χ3v) is 5.80. The van der Waals surface area contributed by atoms with Crippen LogP contribution in [0.2, 0.25) is 0 Å². The number of nitrogens with zero attached hydrogens (tertiary/aromatic N) is 1. The number of rotatable bonds is 9. The van der Waals surface area contributed by atoms with Crippen LogP contribution in [0.4, 0.5) is 5.69 Å². The number of ether oxygens (including phenoxy) is 1. The molecule has 6 nitrogen and oxygen atoms in total. The summed E-state index contributed by atoms with van der Waals surface area (Å²) in [4.78, 5) is 12.6. The SMILES string of the molecule is CCc1ccc(N(C(C)C(=O)NCCc2ccc(OC)cc2)S(C)(=O)=O)cc1. The first kappa shape index (κ1) is 21.8. The van der Waals surface area contributed by atoms with Crippen LogP contribution in [-0.4, -0.2) is 40.3 Å². The van der Waals surface area contributed by atoms with Gasteiger partial charge in [0.1, 0.15) is 11.8 Å². The second kappa shape index (κ2) is 9.59. The normalized spacial score (nSPS) is 12.3. The second-order valence-corrected chi connectivity index (χ2v) is 8.50. The fraction of sp³-hybridized carbons (Fsp3) is 0.381. The van der Waals surface area contributed by atoms with Crippen LogP contribution in [0, 0.1) is 0 Å². The van der Waals surface area contributed by atoms with Gasteiger partial charge < -0.3 is 10.1 Å². The Morgan fingerprint density at radius 1 is 1.07 bits per heavy atom. The van der Waals surface area contributed by atoms with E-state index in [2.05, 4.69) is 5.32 Å². The monoisotopic (exact) mass is 404 g/mol. The highest BCUT2D eigenvalue weighted by molar-refractivity contribution is 7.92. The van der Waals surface area contributed by atoms with E-state index in [0.717, 1.165) is 33.9 Å². The van der Waals surface area contributed by atoms with Gasteiger partial charge in [-0.1, -0.05) is 31.2 Å². The zero-order valence-electron chi connectivity index (χ0n) is 16.8. The van der Waals surface area contributed by atoms with Crippen molar-refractivity contribution in [2.24, 2.45) is 0 Å². The van der Waals surface area contributed by atoms with Crippen molar-refractivity contribution in [2.75, 3.05) is 24.2 Å². The zero-order chi connectivity index (χ0) is 20.7. The van der Waals surface area contributed by atoms with Crippen molar-refractivity contribution < 1.29 is 17.9 Å². The fourth-order valence-electron chi connectivity index (χ4n) is 2.96. The number of nitrogens with one attached hydrogen (secondary N) is 1. The minimum absolute atomic E-state index is 0.335. The maximum Gasteiger partial charge on any atom is 0.243 e. The van der Waals surface area contributed by atoms with Crippen molar-refractivity contribution in [3.05, 3.63) is 59.7 Å². The van der Waals surface area contributed by atoms with E-state index in [-0.39, 0.29) is 5.91 Å². The van der Waals surface area contributed by atoms with Crippen LogP contribution in [0.1, 0.15) is 25.0 Å². The predicted octanol–water partition coefficient (Wildman–Crippen LogP) is 2.77. The summed E-state index contributed by atoms with van der Waals surface area (Å²) in [6.07, 6.45) is 2.62. The quantitative estimate of drug-likeness (QED) is 0.697. The van der Waals surface area contributed by atoms with Gasteiger partial charge in [-0.25, -0.2) is 8.42 Å². The van der Waals surface area contributed by atoms with E-state index >= 15 is 0 Å². The first-order chi connectivity index (χ1) is 13.3. The molecule has 0 radical (unpaired) electrons. The lowest BCUT2D eigenvalue weighted by Gasteiger charge is -2.28. The van der Waals surface area contributed by atoms with Gasteiger partial charge in [0, 0.05) is 6.54 Å². The molecule has 0 bridgehead atoms. The summed E-state index contributed by atoms with van der Waals surface area (Å²) in [5.74, 6) is 0.442. The molecule has 0 heterocycles. The van der Waals surface area contributed by atoms with E-state index in [1.807, 2.05) is 43.3 Å². The highest BCUT2D eigenvalue weighted by Gasteiger charge is 2.28. The van der Waals surface area contributed by atoms with Gasteiger partial charge in [-0.05, 0) is 55.2 Å². The highest BCUT2D eigenvalue weighted by Crippen LogP contribution is 2.21. The van der Waals surface area contributed by atoms with Crippen molar-refractivity contribution >= 4 is 21.6 Å². The van der Waals surface area contributed by atoms with Gasteiger partial charge >= 0.3 is 0 Å². The number of carbonyl (C=O) groups is 1. The maximum atomic E-state index is 12.6. The first-order valence-electron chi connectivity index (χ1n) is 9.25. The Bertz CT molecular complexity index is 878. The van der Waals surface area contributed by atoms with E-state index in [1.165, 1.54) is 0 Å². The lowest BCUT2D eigenvalue weighted by molar-refractivity contribution is -0.121. The number of methoxy groups -OCH3 is 1. The molecule has 152 valence electrons. The van der Waals surface area contributed by atoms with Crippen LogP contribution in [0.15, 0.2) is 48.5 Å². The van der Waals surface area contributed by atoms with E-state index in [1.54, 1.807) is 26.2 Å². The third-order valence-electron chi connectivity index (χ3n) is 4.56. The summed E-state index contributed by atoms with van der Waals surface area (Å²) in [7, 11) is -2.00. The Labute approximate surface area is 167 Å². The van der Waals surface area contributed by atoms with E-state index < -0.39 is 16.1 Å². The van der Waals surface area contributed by atoms with Gasteiger partial charge in [0.15, 0.2) is 0 Å². The molecule has 0 aromatic heterocycles. The lowest BCUT2D eigenvalue weighted by atomic mass is 10.1. The highest BCUT2D eigenvalue weighted by atomic mass is 32.2. The molecule has 0 spiro atoms. The summed E-state index contributed by atoms with van der Waals surface area (Å²) < 4.78 is 30.9. The van der Waals surface area contributed by atoms with Crippen LogP contribution in [0.25, 0.3) is 0 Å². The predicted molar refractivity (Wildman–Crippen MR) is 112 cm³/mol. The molecule has 2 aromatic rings. The van der Waals surface area contributed by atoms with Gasteiger partial charge in [-0.15, -0.1) is 0 Å². The Balaban J connectivity index is 2.04. The molecule has 1 atom stereocenters. The van der Waals surface area contributed by atoms with Crippen LogP contribution < -0.4 is 14.4 Å². The van der Waals surface area contributed by atoms with Crippen molar-refractivity contribution in [1.29, 1.82) is 0 Å². The fourth-order valence-corrected chi connectivity index (χ4v) is 4.13. The standard InChI is InChI=1S/C21H28N2O4S/c1-5-17-6-10-19(11-7-17)23(28(4,25)26)16(2)21(24)22-15-14-18-8-12-20(27-3)13-9-18/h6-13,16H,5,14-15H2,1-4H3,(H,22,24). The van der Waals surface area contributed by atoms with Crippen LogP contribution in [0.5, 0.6) is 5.75 Å². The third kappa shape index (κ3) is 5.73. The largest absolute Gasteiger partial charge is 0.497 e. The molecule has 0 aliphatic rings. The molecule has 0 saturated carbocycles.